The van der Waals surface area contributed by atoms with Crippen LogP contribution >= 0.6 is 23.2 Å². The van der Waals surface area contributed by atoms with Crippen molar-refractivity contribution in [2.45, 2.75) is 12.8 Å². The minimum atomic E-state index is -0.272. The van der Waals surface area contributed by atoms with Crippen molar-refractivity contribution in [1.29, 1.82) is 0 Å². The molecule has 1 aromatic carbocycles. The molecule has 0 bridgehead atoms. The summed E-state index contributed by atoms with van der Waals surface area (Å²) in [7, 11) is 0. The van der Waals surface area contributed by atoms with Gasteiger partial charge in [0.15, 0.2) is 0 Å². The lowest BCUT2D eigenvalue weighted by Gasteiger charge is -2.10. The van der Waals surface area contributed by atoms with E-state index in [9.17, 15) is 4.79 Å². The fraction of sp³-hybridized carbons (Fsp3) is 0.417. The van der Waals surface area contributed by atoms with E-state index >= 15 is 0 Å². The van der Waals surface area contributed by atoms with Crippen molar-refractivity contribution in [3.8, 4) is 0 Å². The van der Waals surface area contributed by atoms with Crippen LogP contribution in [0.2, 0.25) is 10.0 Å². The molecule has 1 aliphatic rings. The van der Waals surface area contributed by atoms with Crippen LogP contribution in [0.4, 0.5) is 11.4 Å². The van der Waals surface area contributed by atoms with Crippen LogP contribution in [-0.2, 0) is 9.53 Å². The fourth-order valence-corrected chi connectivity index (χ4v) is 2.06. The van der Waals surface area contributed by atoms with Gasteiger partial charge in [0.1, 0.15) is 6.61 Å². The molecule has 1 aromatic rings. The van der Waals surface area contributed by atoms with Gasteiger partial charge in [-0.25, -0.2) is 0 Å². The number of carbonyl (C=O) groups excluding carboxylic acids is 1. The smallest absolute Gasteiger partial charge is 0.250 e. The zero-order valence-electron chi connectivity index (χ0n) is 9.71. The van der Waals surface area contributed by atoms with Crippen LogP contribution in [0.3, 0.4) is 0 Å². The lowest BCUT2D eigenvalue weighted by molar-refractivity contribution is -0.120. The Morgan fingerprint density at radius 2 is 2.17 bits per heavy atom. The highest BCUT2D eigenvalue weighted by atomic mass is 35.5. The van der Waals surface area contributed by atoms with Gasteiger partial charge in [-0.05, 0) is 30.9 Å². The van der Waals surface area contributed by atoms with Crippen molar-refractivity contribution >= 4 is 40.5 Å². The van der Waals surface area contributed by atoms with Crippen molar-refractivity contribution in [3.05, 3.63) is 22.2 Å². The van der Waals surface area contributed by atoms with Crippen molar-refractivity contribution in [2.75, 3.05) is 24.3 Å². The van der Waals surface area contributed by atoms with Gasteiger partial charge >= 0.3 is 0 Å². The first kappa shape index (κ1) is 13.5. The molecule has 2 rings (SSSR count). The average Bonchev–Trinajstić information content (AvgIpc) is 3.07. The third-order valence-corrected chi connectivity index (χ3v) is 3.15. The van der Waals surface area contributed by atoms with Gasteiger partial charge in [-0.15, -0.1) is 0 Å². The predicted molar refractivity (Wildman–Crippen MR) is 73.0 cm³/mol. The number of halogens is 2. The Bertz CT molecular complexity index is 438. The molecule has 6 heteroatoms. The third-order valence-electron chi connectivity index (χ3n) is 2.63. The quantitative estimate of drug-likeness (QED) is 0.819. The van der Waals surface area contributed by atoms with Crippen molar-refractivity contribution in [3.63, 3.8) is 0 Å². The van der Waals surface area contributed by atoms with Gasteiger partial charge in [0.25, 0.3) is 0 Å². The molecule has 4 nitrogen and oxygen atoms in total. The predicted octanol–water partition coefficient (Wildman–Crippen LogP) is 2.94. The molecule has 0 heterocycles. The highest BCUT2D eigenvalue weighted by molar-refractivity contribution is 6.37. The van der Waals surface area contributed by atoms with E-state index < -0.39 is 0 Å². The number of amides is 1. The molecule has 18 heavy (non-hydrogen) atoms. The Kier molecular flexibility index (Phi) is 4.32. The van der Waals surface area contributed by atoms with Gasteiger partial charge in [0.2, 0.25) is 5.91 Å². The molecule has 1 aliphatic carbocycles. The molecular weight excluding hydrogens is 275 g/mol. The molecule has 0 spiro atoms. The molecule has 3 N–H and O–H groups in total. The Hall–Kier alpha value is -0.970. The van der Waals surface area contributed by atoms with Gasteiger partial charge in [0.05, 0.1) is 23.0 Å². The maximum Gasteiger partial charge on any atom is 0.250 e. The van der Waals surface area contributed by atoms with Gasteiger partial charge in [0, 0.05) is 5.02 Å². The van der Waals surface area contributed by atoms with Gasteiger partial charge in [-0.2, -0.15) is 0 Å². The first-order chi connectivity index (χ1) is 8.56. The summed E-state index contributed by atoms with van der Waals surface area (Å²) in [6.45, 7) is 0.645. The number of benzene rings is 1. The third kappa shape index (κ3) is 3.77. The van der Waals surface area contributed by atoms with Crippen molar-refractivity contribution < 1.29 is 9.53 Å². The number of carbonyl (C=O) groups is 1. The summed E-state index contributed by atoms with van der Waals surface area (Å²) in [4.78, 5) is 11.6. The molecule has 1 amide bonds. The van der Waals surface area contributed by atoms with Crippen LogP contribution in [0.15, 0.2) is 12.1 Å². The SMILES string of the molecule is Nc1cc(Cl)cc(Cl)c1NC(=O)COCC1CC1. The number of anilines is 2. The first-order valence-corrected chi connectivity index (χ1v) is 6.44. The summed E-state index contributed by atoms with van der Waals surface area (Å²) in [6.07, 6.45) is 2.38. The van der Waals surface area contributed by atoms with E-state index in [-0.39, 0.29) is 12.5 Å². The number of hydrogen-bond acceptors (Lipinski definition) is 3. The second-order valence-corrected chi connectivity index (χ2v) is 5.20. The lowest BCUT2D eigenvalue weighted by atomic mass is 10.2. The summed E-state index contributed by atoms with van der Waals surface area (Å²) < 4.78 is 5.27. The summed E-state index contributed by atoms with van der Waals surface area (Å²) in [5.74, 6) is 0.355. The van der Waals surface area contributed by atoms with Gasteiger partial charge in [-0.3, -0.25) is 4.79 Å². The second kappa shape index (κ2) is 5.78. The van der Waals surface area contributed by atoms with Crippen molar-refractivity contribution in [1.82, 2.24) is 0 Å². The molecule has 0 atom stereocenters. The molecule has 0 radical (unpaired) electrons. The topological polar surface area (TPSA) is 64.3 Å². The van der Waals surface area contributed by atoms with Gasteiger partial charge < -0.3 is 15.8 Å². The fourth-order valence-electron chi connectivity index (χ4n) is 1.50. The summed E-state index contributed by atoms with van der Waals surface area (Å²) >= 11 is 11.7. The Labute approximate surface area is 115 Å². The van der Waals surface area contributed by atoms with E-state index in [0.29, 0.717) is 33.9 Å². The van der Waals surface area contributed by atoms with Crippen LogP contribution in [0.5, 0.6) is 0 Å². The highest BCUT2D eigenvalue weighted by Crippen LogP contribution is 2.32. The van der Waals surface area contributed by atoms with Crippen LogP contribution in [0, 0.1) is 5.92 Å². The maximum atomic E-state index is 11.6. The average molecular weight is 289 g/mol. The minimum absolute atomic E-state index is 0.00882. The molecule has 1 fully saturated rings. The number of nitrogens with two attached hydrogens (primary N) is 1. The molecule has 98 valence electrons. The molecule has 1 saturated carbocycles. The maximum absolute atomic E-state index is 11.6. The van der Waals surface area contributed by atoms with Crippen LogP contribution in [0.1, 0.15) is 12.8 Å². The summed E-state index contributed by atoms with van der Waals surface area (Å²) in [5, 5.41) is 3.37. The Morgan fingerprint density at radius 1 is 1.44 bits per heavy atom. The number of nitrogens with one attached hydrogen (secondary N) is 1. The second-order valence-electron chi connectivity index (χ2n) is 4.36. The standard InChI is InChI=1S/C12H14Cl2N2O2/c13-8-3-9(14)12(10(15)4-8)16-11(17)6-18-5-7-1-2-7/h3-4,7H,1-2,5-6,15H2,(H,16,17). The highest BCUT2D eigenvalue weighted by Gasteiger charge is 2.21. The lowest BCUT2D eigenvalue weighted by Crippen LogP contribution is -2.20. The van der Waals surface area contributed by atoms with Crippen molar-refractivity contribution in [2.24, 2.45) is 5.92 Å². The van der Waals surface area contributed by atoms with E-state index in [4.69, 9.17) is 33.7 Å². The molecule has 0 saturated heterocycles. The van der Waals surface area contributed by atoms with E-state index in [1.54, 1.807) is 0 Å². The number of nitrogen functional groups attached to an aromatic ring is 1. The molecule has 0 unspecified atom stereocenters. The van der Waals surface area contributed by atoms with Crippen LogP contribution in [-0.4, -0.2) is 19.1 Å². The van der Waals surface area contributed by atoms with E-state index in [0.717, 1.165) is 0 Å². The first-order valence-electron chi connectivity index (χ1n) is 5.68. The molecular formula is C12H14Cl2N2O2. The Balaban J connectivity index is 1.89. The Morgan fingerprint density at radius 3 is 2.78 bits per heavy atom. The zero-order valence-corrected chi connectivity index (χ0v) is 11.2. The normalized spacial score (nSPS) is 14.6. The van der Waals surface area contributed by atoms with E-state index in [2.05, 4.69) is 5.32 Å². The number of rotatable bonds is 5. The van der Waals surface area contributed by atoms with E-state index in [1.807, 2.05) is 0 Å². The minimum Gasteiger partial charge on any atom is -0.397 e. The summed E-state index contributed by atoms with van der Waals surface area (Å²) in [6, 6.07) is 3.06. The molecule has 0 aromatic heterocycles. The summed E-state index contributed by atoms with van der Waals surface area (Å²) in [5.41, 5.74) is 6.45. The zero-order chi connectivity index (χ0) is 13.1. The largest absolute Gasteiger partial charge is 0.397 e. The number of ether oxygens (including phenoxy) is 1. The van der Waals surface area contributed by atoms with Crippen LogP contribution in [0.25, 0.3) is 0 Å². The van der Waals surface area contributed by atoms with E-state index in [1.165, 1.54) is 25.0 Å². The van der Waals surface area contributed by atoms with Crippen LogP contribution < -0.4 is 11.1 Å². The molecule has 0 aliphatic heterocycles. The monoisotopic (exact) mass is 288 g/mol. The van der Waals surface area contributed by atoms with Gasteiger partial charge in [-0.1, -0.05) is 23.2 Å². The number of hydrogen-bond donors (Lipinski definition) is 2.